The maximum atomic E-state index is 5.92. The average Bonchev–Trinajstić information content (AvgIpc) is 3.10. The van der Waals surface area contributed by atoms with Crippen molar-refractivity contribution in [2.45, 2.75) is 89.3 Å². The van der Waals surface area contributed by atoms with Crippen LogP contribution in [-0.2, 0) is 4.74 Å². The molecule has 0 spiro atoms. The highest BCUT2D eigenvalue weighted by molar-refractivity contribution is 4.89. The molecule has 2 aliphatic carbocycles. The first-order valence-electron chi connectivity index (χ1n) is 8.07. The van der Waals surface area contributed by atoms with Gasteiger partial charge in [-0.1, -0.05) is 64.2 Å². The number of hydrogen-bond acceptors (Lipinski definition) is 1. The molecule has 0 radical (unpaired) electrons. The number of rotatable bonds is 4. The van der Waals surface area contributed by atoms with Crippen molar-refractivity contribution in [3.05, 3.63) is 0 Å². The van der Waals surface area contributed by atoms with Crippen LogP contribution >= 0.6 is 0 Å². The van der Waals surface area contributed by atoms with Gasteiger partial charge in [-0.25, -0.2) is 0 Å². The van der Waals surface area contributed by atoms with E-state index in [9.17, 15) is 0 Å². The Kier molecular flexibility index (Phi) is 4.05. The minimum Gasteiger partial charge on any atom is -0.370 e. The highest BCUT2D eigenvalue weighted by Crippen LogP contribution is 2.40. The van der Waals surface area contributed by atoms with Crippen LogP contribution in [0.5, 0.6) is 0 Å². The van der Waals surface area contributed by atoms with Crippen molar-refractivity contribution in [2.24, 2.45) is 11.8 Å². The fourth-order valence-electron chi connectivity index (χ4n) is 4.10. The molecule has 17 heavy (non-hydrogen) atoms. The Hall–Kier alpha value is -0.0400. The van der Waals surface area contributed by atoms with Crippen molar-refractivity contribution in [1.82, 2.24) is 0 Å². The zero-order valence-electron chi connectivity index (χ0n) is 11.2. The van der Waals surface area contributed by atoms with E-state index in [4.69, 9.17) is 4.74 Å². The van der Waals surface area contributed by atoms with Crippen LogP contribution in [0, 0.1) is 11.8 Å². The summed E-state index contributed by atoms with van der Waals surface area (Å²) in [6.07, 6.45) is 18.9. The van der Waals surface area contributed by atoms with E-state index in [0.29, 0.717) is 12.2 Å². The fourth-order valence-corrected chi connectivity index (χ4v) is 4.10. The van der Waals surface area contributed by atoms with Gasteiger partial charge in [0.25, 0.3) is 0 Å². The summed E-state index contributed by atoms with van der Waals surface area (Å²) in [5.41, 5.74) is 0. The molecule has 1 saturated heterocycles. The number of hydrogen-bond donors (Lipinski definition) is 0. The Balaban J connectivity index is 1.34. The Morgan fingerprint density at radius 3 is 1.41 bits per heavy atom. The molecule has 0 aromatic rings. The molecule has 2 saturated carbocycles. The summed E-state index contributed by atoms with van der Waals surface area (Å²) in [7, 11) is 0. The molecule has 1 heteroatoms. The van der Waals surface area contributed by atoms with Crippen LogP contribution in [0.1, 0.15) is 77.0 Å². The monoisotopic (exact) mass is 236 g/mol. The molecular weight excluding hydrogens is 208 g/mol. The molecule has 98 valence electrons. The summed E-state index contributed by atoms with van der Waals surface area (Å²) in [6, 6.07) is 0. The second-order valence-corrected chi connectivity index (χ2v) is 6.69. The lowest BCUT2D eigenvalue weighted by Crippen LogP contribution is -2.13. The van der Waals surface area contributed by atoms with E-state index in [1.807, 2.05) is 0 Å². The second-order valence-electron chi connectivity index (χ2n) is 6.69. The van der Waals surface area contributed by atoms with E-state index in [0.717, 1.165) is 11.8 Å². The van der Waals surface area contributed by atoms with Gasteiger partial charge in [-0.3, -0.25) is 0 Å². The van der Waals surface area contributed by atoms with Gasteiger partial charge in [0.05, 0.1) is 12.2 Å². The van der Waals surface area contributed by atoms with Gasteiger partial charge in [0.15, 0.2) is 0 Å². The highest BCUT2D eigenvalue weighted by atomic mass is 16.6. The summed E-state index contributed by atoms with van der Waals surface area (Å²) in [5, 5.41) is 0. The van der Waals surface area contributed by atoms with Gasteiger partial charge in [0.2, 0.25) is 0 Å². The van der Waals surface area contributed by atoms with Crippen molar-refractivity contribution in [2.75, 3.05) is 0 Å². The van der Waals surface area contributed by atoms with Crippen molar-refractivity contribution in [1.29, 1.82) is 0 Å². The lowest BCUT2D eigenvalue weighted by atomic mass is 9.83. The van der Waals surface area contributed by atoms with Crippen LogP contribution in [0.2, 0.25) is 0 Å². The van der Waals surface area contributed by atoms with Gasteiger partial charge < -0.3 is 4.74 Å². The zero-order valence-corrected chi connectivity index (χ0v) is 11.2. The van der Waals surface area contributed by atoms with Crippen LogP contribution in [0.3, 0.4) is 0 Å². The van der Waals surface area contributed by atoms with Gasteiger partial charge in [-0.15, -0.1) is 0 Å². The molecule has 0 aromatic carbocycles. The Bertz CT molecular complexity index is 202. The molecule has 0 bridgehead atoms. The smallest absolute Gasteiger partial charge is 0.0844 e. The number of epoxide rings is 1. The van der Waals surface area contributed by atoms with Crippen molar-refractivity contribution < 1.29 is 4.74 Å². The standard InChI is InChI=1S/C16H28O/c1-3-7-13(8-4-1)11-15-16(17-15)12-14-9-5-2-6-10-14/h13-16H,1-12H2. The topological polar surface area (TPSA) is 12.5 Å². The van der Waals surface area contributed by atoms with Crippen LogP contribution in [0.4, 0.5) is 0 Å². The fraction of sp³-hybridized carbons (Fsp3) is 1.00. The van der Waals surface area contributed by atoms with E-state index in [-0.39, 0.29) is 0 Å². The van der Waals surface area contributed by atoms with E-state index in [1.165, 1.54) is 77.0 Å². The predicted molar refractivity (Wildman–Crippen MR) is 71.0 cm³/mol. The van der Waals surface area contributed by atoms with Crippen molar-refractivity contribution in [3.8, 4) is 0 Å². The molecule has 1 aliphatic heterocycles. The molecule has 2 atom stereocenters. The van der Waals surface area contributed by atoms with Gasteiger partial charge in [-0.05, 0) is 24.7 Å². The number of ether oxygens (including phenoxy) is 1. The lowest BCUT2D eigenvalue weighted by Gasteiger charge is -2.21. The largest absolute Gasteiger partial charge is 0.370 e. The minimum absolute atomic E-state index is 0.667. The molecule has 1 heterocycles. The third-order valence-corrected chi connectivity index (χ3v) is 5.27. The van der Waals surface area contributed by atoms with E-state index in [2.05, 4.69) is 0 Å². The maximum Gasteiger partial charge on any atom is 0.0844 e. The summed E-state index contributed by atoms with van der Waals surface area (Å²) >= 11 is 0. The van der Waals surface area contributed by atoms with E-state index in [1.54, 1.807) is 0 Å². The lowest BCUT2D eigenvalue weighted by molar-refractivity contribution is 0.273. The van der Waals surface area contributed by atoms with E-state index < -0.39 is 0 Å². The first-order valence-corrected chi connectivity index (χ1v) is 8.07. The predicted octanol–water partition coefficient (Wildman–Crippen LogP) is 4.69. The molecule has 2 unspecified atom stereocenters. The molecule has 3 aliphatic rings. The van der Waals surface area contributed by atoms with Crippen molar-refractivity contribution >= 4 is 0 Å². The Labute approximate surface area is 106 Å². The van der Waals surface area contributed by atoms with Crippen LogP contribution in [0.25, 0.3) is 0 Å². The van der Waals surface area contributed by atoms with Gasteiger partial charge in [-0.2, -0.15) is 0 Å². The molecule has 0 N–H and O–H groups in total. The Morgan fingerprint density at radius 1 is 0.588 bits per heavy atom. The highest BCUT2D eigenvalue weighted by Gasteiger charge is 2.41. The van der Waals surface area contributed by atoms with Crippen LogP contribution < -0.4 is 0 Å². The third kappa shape index (κ3) is 3.47. The van der Waals surface area contributed by atoms with Crippen molar-refractivity contribution in [3.63, 3.8) is 0 Å². The van der Waals surface area contributed by atoms with Gasteiger partial charge >= 0.3 is 0 Å². The summed E-state index contributed by atoms with van der Waals surface area (Å²) < 4.78 is 5.92. The normalized spacial score (nSPS) is 36.0. The first kappa shape index (κ1) is 12.0. The van der Waals surface area contributed by atoms with Gasteiger partial charge in [0.1, 0.15) is 0 Å². The third-order valence-electron chi connectivity index (χ3n) is 5.27. The summed E-state index contributed by atoms with van der Waals surface area (Å²) in [6.45, 7) is 0. The minimum atomic E-state index is 0.667. The summed E-state index contributed by atoms with van der Waals surface area (Å²) in [5.74, 6) is 2.01. The Morgan fingerprint density at radius 2 is 1.00 bits per heavy atom. The second kappa shape index (κ2) is 5.73. The molecule has 0 aromatic heterocycles. The molecule has 3 fully saturated rings. The maximum absolute atomic E-state index is 5.92. The summed E-state index contributed by atoms with van der Waals surface area (Å²) in [4.78, 5) is 0. The molecular formula is C16H28O. The molecule has 3 rings (SSSR count). The van der Waals surface area contributed by atoms with Crippen LogP contribution in [0.15, 0.2) is 0 Å². The molecule has 0 amide bonds. The zero-order chi connectivity index (χ0) is 11.5. The molecule has 1 nitrogen and oxygen atoms in total. The van der Waals surface area contributed by atoms with E-state index >= 15 is 0 Å². The quantitative estimate of drug-likeness (QED) is 0.645. The van der Waals surface area contributed by atoms with Gasteiger partial charge in [0, 0.05) is 0 Å². The van der Waals surface area contributed by atoms with Crippen LogP contribution in [-0.4, -0.2) is 12.2 Å². The first-order chi connectivity index (χ1) is 8.42. The SMILES string of the molecule is C1CCC(CC2OC2CC2CCCCC2)CC1. The average molecular weight is 236 g/mol.